The van der Waals surface area contributed by atoms with Gasteiger partial charge in [0, 0.05) is 17.5 Å². The van der Waals surface area contributed by atoms with Gasteiger partial charge in [-0.15, -0.1) is 11.3 Å². The smallest absolute Gasteiger partial charge is 0.251 e. The van der Waals surface area contributed by atoms with Crippen molar-refractivity contribution in [2.24, 2.45) is 0 Å². The van der Waals surface area contributed by atoms with Crippen LogP contribution in [0.1, 0.15) is 45.9 Å². The van der Waals surface area contributed by atoms with Gasteiger partial charge in [0.05, 0.1) is 12.2 Å². The number of aromatic nitrogens is 1. The largest absolute Gasteiger partial charge is 0.346 e. The second kappa shape index (κ2) is 7.03. The van der Waals surface area contributed by atoms with Crippen LogP contribution in [0.25, 0.3) is 0 Å². The van der Waals surface area contributed by atoms with Gasteiger partial charge in [-0.05, 0) is 36.9 Å². The number of nitrogens with zero attached hydrogens (tertiary/aromatic N) is 1. The molecule has 1 aromatic carbocycles. The Labute approximate surface area is 135 Å². The van der Waals surface area contributed by atoms with E-state index in [-0.39, 0.29) is 5.91 Å². The third-order valence-corrected chi connectivity index (χ3v) is 4.96. The number of carbonyl (C=O) groups is 1. The summed E-state index contributed by atoms with van der Waals surface area (Å²) in [5.74, 6) is 0.434. The molecule has 1 fully saturated rings. The summed E-state index contributed by atoms with van der Waals surface area (Å²) >= 11 is 1.60. The van der Waals surface area contributed by atoms with Gasteiger partial charge in [0.15, 0.2) is 0 Å². The zero-order chi connectivity index (χ0) is 15.4. The summed E-state index contributed by atoms with van der Waals surface area (Å²) < 4.78 is 0. The van der Waals surface area contributed by atoms with E-state index in [0.29, 0.717) is 12.5 Å². The fraction of sp³-hybridized carbons (Fsp3) is 0.412. The molecular weight excluding hydrogens is 294 g/mol. The minimum Gasteiger partial charge on any atom is -0.346 e. The number of amides is 1. The van der Waals surface area contributed by atoms with Crippen LogP contribution in [-0.4, -0.2) is 24.0 Å². The predicted octanol–water partition coefficient (Wildman–Crippen LogP) is 2.71. The lowest BCUT2D eigenvalue weighted by atomic mass is 9.93. The van der Waals surface area contributed by atoms with Crippen molar-refractivity contribution in [2.45, 2.75) is 32.2 Å². The molecule has 2 heterocycles. The van der Waals surface area contributed by atoms with Gasteiger partial charge < -0.3 is 10.6 Å². The highest BCUT2D eigenvalue weighted by Gasteiger charge is 2.21. The molecule has 1 aromatic heterocycles. The first kappa shape index (κ1) is 15.2. The van der Waals surface area contributed by atoms with E-state index in [9.17, 15) is 4.79 Å². The summed E-state index contributed by atoms with van der Waals surface area (Å²) in [6, 6.07) is 7.94. The number of hydrogen-bond acceptors (Lipinski definition) is 4. The molecule has 0 radical (unpaired) electrons. The van der Waals surface area contributed by atoms with Crippen molar-refractivity contribution < 1.29 is 4.79 Å². The molecule has 1 amide bonds. The number of nitrogens with one attached hydrogen (secondary N) is 2. The minimum atomic E-state index is -0.00394. The Morgan fingerprint density at radius 3 is 3.05 bits per heavy atom. The van der Waals surface area contributed by atoms with Crippen LogP contribution in [-0.2, 0) is 13.0 Å². The Morgan fingerprint density at radius 2 is 2.32 bits per heavy atom. The highest BCUT2D eigenvalue weighted by molar-refractivity contribution is 7.09. The molecule has 0 bridgehead atoms. The van der Waals surface area contributed by atoms with Crippen molar-refractivity contribution in [3.8, 4) is 0 Å². The van der Waals surface area contributed by atoms with E-state index in [1.165, 1.54) is 0 Å². The average Bonchev–Trinajstić information content (AvgIpc) is 3.24. The van der Waals surface area contributed by atoms with E-state index < -0.39 is 0 Å². The van der Waals surface area contributed by atoms with E-state index in [2.05, 4.69) is 34.0 Å². The van der Waals surface area contributed by atoms with Crippen molar-refractivity contribution in [3.05, 3.63) is 51.5 Å². The molecule has 1 aliphatic heterocycles. The van der Waals surface area contributed by atoms with Crippen LogP contribution in [0.3, 0.4) is 0 Å². The molecule has 4 nitrogen and oxygen atoms in total. The molecule has 0 aliphatic carbocycles. The highest BCUT2D eigenvalue weighted by Crippen LogP contribution is 2.25. The number of rotatable bonds is 5. The van der Waals surface area contributed by atoms with E-state index in [4.69, 9.17) is 0 Å². The van der Waals surface area contributed by atoms with E-state index >= 15 is 0 Å². The molecule has 0 saturated carbocycles. The van der Waals surface area contributed by atoms with Gasteiger partial charge in [0.1, 0.15) is 5.01 Å². The maximum absolute atomic E-state index is 12.5. The molecule has 3 rings (SSSR count). The fourth-order valence-corrected chi connectivity index (χ4v) is 3.64. The Balaban J connectivity index is 1.69. The molecule has 2 N–H and O–H groups in total. The zero-order valence-electron chi connectivity index (χ0n) is 12.8. The standard InChI is InChI=1S/C17H21N3OS/c1-2-13-11-22-16(20-13)10-19-17(21)15-6-4-3-5-14(15)12-7-8-18-9-12/h3-6,11-12,18H,2,7-10H2,1H3,(H,19,21)/t12-/m0/s1. The van der Waals surface area contributed by atoms with Crippen molar-refractivity contribution in [2.75, 3.05) is 13.1 Å². The van der Waals surface area contributed by atoms with Gasteiger partial charge in [0.2, 0.25) is 0 Å². The number of aryl methyl sites for hydroxylation is 1. The quantitative estimate of drug-likeness (QED) is 0.892. The summed E-state index contributed by atoms with van der Waals surface area (Å²) in [7, 11) is 0. The summed E-state index contributed by atoms with van der Waals surface area (Å²) in [5, 5.41) is 9.39. The van der Waals surface area contributed by atoms with Crippen LogP contribution in [0.5, 0.6) is 0 Å². The monoisotopic (exact) mass is 315 g/mol. The number of thiazole rings is 1. The maximum atomic E-state index is 12.5. The first-order chi connectivity index (χ1) is 10.8. The van der Waals surface area contributed by atoms with Gasteiger partial charge in [0.25, 0.3) is 5.91 Å². The number of benzene rings is 1. The fourth-order valence-electron chi connectivity index (χ4n) is 2.82. The van der Waals surface area contributed by atoms with Gasteiger partial charge in [-0.25, -0.2) is 4.98 Å². The van der Waals surface area contributed by atoms with Crippen LogP contribution < -0.4 is 10.6 Å². The topological polar surface area (TPSA) is 54.0 Å². The average molecular weight is 315 g/mol. The molecule has 2 aromatic rings. The highest BCUT2D eigenvalue weighted by atomic mass is 32.1. The summed E-state index contributed by atoms with van der Waals surface area (Å²) in [6.45, 7) is 4.57. The van der Waals surface area contributed by atoms with Crippen molar-refractivity contribution in [1.29, 1.82) is 0 Å². The second-order valence-electron chi connectivity index (χ2n) is 5.55. The second-order valence-corrected chi connectivity index (χ2v) is 6.49. The van der Waals surface area contributed by atoms with Crippen LogP contribution in [0.2, 0.25) is 0 Å². The Morgan fingerprint density at radius 1 is 1.45 bits per heavy atom. The van der Waals surface area contributed by atoms with Crippen molar-refractivity contribution in [1.82, 2.24) is 15.6 Å². The molecule has 1 atom stereocenters. The third kappa shape index (κ3) is 3.36. The summed E-state index contributed by atoms with van der Waals surface area (Å²) in [4.78, 5) is 17.0. The minimum absolute atomic E-state index is 0.00394. The van der Waals surface area contributed by atoms with Gasteiger partial charge in [-0.3, -0.25) is 4.79 Å². The zero-order valence-corrected chi connectivity index (χ0v) is 13.6. The molecule has 1 aliphatic rings. The summed E-state index contributed by atoms with van der Waals surface area (Å²) in [6.07, 6.45) is 2.03. The molecular formula is C17H21N3OS. The molecule has 116 valence electrons. The first-order valence-corrected chi connectivity index (χ1v) is 8.67. The molecule has 1 saturated heterocycles. The van der Waals surface area contributed by atoms with Crippen molar-refractivity contribution >= 4 is 17.2 Å². The number of carbonyl (C=O) groups excluding carboxylic acids is 1. The first-order valence-electron chi connectivity index (χ1n) is 7.79. The SMILES string of the molecule is CCc1csc(CNC(=O)c2ccccc2[C@H]2CCNC2)n1. The van der Waals surface area contributed by atoms with E-state index in [1.54, 1.807) is 11.3 Å². The third-order valence-electron chi connectivity index (χ3n) is 4.07. The maximum Gasteiger partial charge on any atom is 0.251 e. The Hall–Kier alpha value is -1.72. The normalized spacial score (nSPS) is 17.6. The summed E-state index contributed by atoms with van der Waals surface area (Å²) in [5.41, 5.74) is 3.04. The lowest BCUT2D eigenvalue weighted by Crippen LogP contribution is -2.24. The Bertz CT molecular complexity index is 647. The van der Waals surface area contributed by atoms with E-state index in [0.717, 1.165) is 47.8 Å². The van der Waals surface area contributed by atoms with Gasteiger partial charge in [-0.1, -0.05) is 25.1 Å². The predicted molar refractivity (Wildman–Crippen MR) is 89.3 cm³/mol. The van der Waals surface area contributed by atoms with Gasteiger partial charge in [-0.2, -0.15) is 0 Å². The lowest BCUT2D eigenvalue weighted by Gasteiger charge is -2.14. The van der Waals surface area contributed by atoms with Crippen LogP contribution in [0.4, 0.5) is 0 Å². The van der Waals surface area contributed by atoms with Crippen molar-refractivity contribution in [3.63, 3.8) is 0 Å². The molecule has 0 unspecified atom stereocenters. The molecule has 0 spiro atoms. The van der Waals surface area contributed by atoms with E-state index in [1.807, 2.05) is 18.2 Å². The van der Waals surface area contributed by atoms with Crippen LogP contribution in [0, 0.1) is 0 Å². The Kier molecular flexibility index (Phi) is 4.85. The molecule has 22 heavy (non-hydrogen) atoms. The van der Waals surface area contributed by atoms with Gasteiger partial charge >= 0.3 is 0 Å². The molecule has 5 heteroatoms. The van der Waals surface area contributed by atoms with Crippen LogP contribution in [0.15, 0.2) is 29.6 Å². The number of hydrogen-bond donors (Lipinski definition) is 2. The lowest BCUT2D eigenvalue weighted by molar-refractivity contribution is 0.0949. The van der Waals surface area contributed by atoms with Crippen LogP contribution >= 0.6 is 11.3 Å².